The maximum atomic E-state index is 10.6. The number of rotatable bonds is 2. The molecule has 4 heteroatoms. The lowest BCUT2D eigenvalue weighted by Crippen LogP contribution is -2.24. The van der Waals surface area contributed by atoms with Crippen LogP contribution >= 0.6 is 11.6 Å². The van der Waals surface area contributed by atoms with Crippen molar-refractivity contribution >= 4 is 17.6 Å². The molecule has 0 fully saturated rings. The molecule has 0 radical (unpaired) electrons. The summed E-state index contributed by atoms with van der Waals surface area (Å²) in [6.45, 7) is 1.83. The van der Waals surface area contributed by atoms with Gasteiger partial charge in [-0.15, -0.1) is 0 Å². The van der Waals surface area contributed by atoms with Crippen LogP contribution in [0.2, 0.25) is 5.02 Å². The molecule has 0 spiro atoms. The molecular formula is C8H7ClNO2-. The summed E-state index contributed by atoms with van der Waals surface area (Å²) in [4.78, 5) is 14.4. The lowest BCUT2D eigenvalue weighted by Gasteiger charge is -2.09. The van der Waals surface area contributed by atoms with E-state index in [0.717, 1.165) is 0 Å². The number of aryl methyl sites for hydroxylation is 1. The molecular weight excluding hydrogens is 178 g/mol. The monoisotopic (exact) mass is 184 g/mol. The van der Waals surface area contributed by atoms with Crippen molar-refractivity contribution < 1.29 is 9.90 Å². The molecule has 1 heterocycles. The van der Waals surface area contributed by atoms with Crippen LogP contribution in [-0.4, -0.2) is 11.0 Å². The average molecular weight is 185 g/mol. The fourth-order valence-corrected chi connectivity index (χ4v) is 1.23. The molecule has 0 amide bonds. The second-order valence-corrected chi connectivity index (χ2v) is 2.70. The highest BCUT2D eigenvalue weighted by atomic mass is 35.5. The third kappa shape index (κ3) is 1.56. The number of aromatic nitrogens is 1. The summed E-state index contributed by atoms with van der Waals surface area (Å²) < 4.78 is 0. The van der Waals surface area contributed by atoms with E-state index in [1.165, 1.54) is 12.4 Å². The Labute approximate surface area is 75.0 Å². The normalized spacial score (nSPS) is 9.83. The molecule has 1 rings (SSSR count). The summed E-state index contributed by atoms with van der Waals surface area (Å²) in [5, 5.41) is 10.7. The third-order valence-electron chi connectivity index (χ3n) is 1.56. The predicted molar refractivity (Wildman–Crippen MR) is 43.0 cm³/mol. The zero-order valence-electron chi connectivity index (χ0n) is 6.50. The summed E-state index contributed by atoms with van der Waals surface area (Å²) >= 11 is 5.62. The van der Waals surface area contributed by atoms with E-state index in [2.05, 4.69) is 4.98 Å². The van der Waals surface area contributed by atoms with Crippen LogP contribution in [-0.2, 0) is 6.42 Å². The van der Waals surface area contributed by atoms with E-state index in [4.69, 9.17) is 11.6 Å². The molecule has 0 saturated heterocycles. The quantitative estimate of drug-likeness (QED) is 0.679. The zero-order valence-corrected chi connectivity index (χ0v) is 7.26. The number of pyridine rings is 1. The Morgan fingerprint density at radius 3 is 2.75 bits per heavy atom. The number of carbonyl (C=O) groups is 1. The van der Waals surface area contributed by atoms with Crippen LogP contribution < -0.4 is 5.11 Å². The lowest BCUT2D eigenvalue weighted by atomic mass is 10.1. The number of halogens is 1. The van der Waals surface area contributed by atoms with Gasteiger partial charge >= 0.3 is 0 Å². The first kappa shape index (κ1) is 9.00. The fraction of sp³-hybridized carbons (Fsp3) is 0.250. The molecule has 0 aliphatic heterocycles. The van der Waals surface area contributed by atoms with Crippen LogP contribution in [0, 0.1) is 0 Å². The molecule has 0 saturated carbocycles. The summed E-state index contributed by atoms with van der Waals surface area (Å²) in [6.07, 6.45) is 3.36. The van der Waals surface area contributed by atoms with E-state index >= 15 is 0 Å². The number of hydrogen-bond donors (Lipinski definition) is 0. The van der Waals surface area contributed by atoms with Crippen molar-refractivity contribution in [2.24, 2.45) is 0 Å². The van der Waals surface area contributed by atoms with Crippen molar-refractivity contribution in [1.29, 1.82) is 0 Å². The van der Waals surface area contributed by atoms with Crippen molar-refractivity contribution in [3.63, 3.8) is 0 Å². The second kappa shape index (κ2) is 3.54. The van der Waals surface area contributed by atoms with Crippen LogP contribution in [0.25, 0.3) is 0 Å². The van der Waals surface area contributed by atoms with Crippen LogP contribution in [0.15, 0.2) is 12.4 Å². The van der Waals surface area contributed by atoms with Crippen LogP contribution in [0.1, 0.15) is 22.8 Å². The summed E-state index contributed by atoms with van der Waals surface area (Å²) in [7, 11) is 0. The van der Waals surface area contributed by atoms with E-state index in [0.29, 0.717) is 12.0 Å². The molecule has 1 aromatic heterocycles. The Bertz CT molecular complexity index is 312. The van der Waals surface area contributed by atoms with Crippen molar-refractivity contribution in [1.82, 2.24) is 4.98 Å². The van der Waals surface area contributed by atoms with Gasteiger partial charge in [0.15, 0.2) is 0 Å². The van der Waals surface area contributed by atoms with E-state index in [1.54, 1.807) is 0 Å². The number of carboxylic acids is 1. The third-order valence-corrected chi connectivity index (χ3v) is 1.85. The Kier molecular flexibility index (Phi) is 2.65. The molecule has 0 atom stereocenters. The number of carbonyl (C=O) groups excluding carboxylic acids is 1. The molecule has 0 bridgehead atoms. The van der Waals surface area contributed by atoms with Crippen molar-refractivity contribution in [2.45, 2.75) is 13.3 Å². The lowest BCUT2D eigenvalue weighted by molar-refractivity contribution is -0.255. The van der Waals surface area contributed by atoms with Crippen molar-refractivity contribution in [3.05, 3.63) is 28.5 Å². The summed E-state index contributed by atoms with van der Waals surface area (Å²) in [6, 6.07) is 0. The van der Waals surface area contributed by atoms with Gasteiger partial charge in [-0.2, -0.15) is 0 Å². The molecule has 12 heavy (non-hydrogen) atoms. The first-order chi connectivity index (χ1) is 5.66. The molecule has 0 aromatic carbocycles. The van der Waals surface area contributed by atoms with Gasteiger partial charge in [-0.05, 0) is 12.0 Å². The topological polar surface area (TPSA) is 53.0 Å². The fourth-order valence-electron chi connectivity index (χ4n) is 0.972. The first-order valence-corrected chi connectivity index (χ1v) is 3.88. The Balaban J connectivity index is 3.29. The van der Waals surface area contributed by atoms with Gasteiger partial charge in [-0.25, -0.2) is 0 Å². The zero-order chi connectivity index (χ0) is 9.14. The van der Waals surface area contributed by atoms with E-state index < -0.39 is 5.97 Å². The molecule has 64 valence electrons. The number of carboxylic acid groups (broad SMARTS) is 1. The predicted octanol–water partition coefficient (Wildman–Crippen LogP) is 0.661. The smallest absolute Gasteiger partial charge is 0.0734 e. The minimum atomic E-state index is -1.25. The Morgan fingerprint density at radius 2 is 2.33 bits per heavy atom. The molecule has 0 aliphatic rings. The molecule has 0 aliphatic carbocycles. The minimum Gasteiger partial charge on any atom is -0.545 e. The van der Waals surface area contributed by atoms with Gasteiger partial charge in [0.05, 0.1) is 11.0 Å². The maximum Gasteiger partial charge on any atom is 0.0734 e. The van der Waals surface area contributed by atoms with Gasteiger partial charge < -0.3 is 9.90 Å². The van der Waals surface area contributed by atoms with Crippen LogP contribution in [0.4, 0.5) is 0 Å². The largest absolute Gasteiger partial charge is 0.545 e. The van der Waals surface area contributed by atoms with Gasteiger partial charge in [-0.1, -0.05) is 18.5 Å². The highest BCUT2D eigenvalue weighted by molar-refractivity contribution is 6.33. The minimum absolute atomic E-state index is 0.0502. The molecule has 0 N–H and O–H groups in total. The number of aromatic carboxylic acids is 1. The van der Waals surface area contributed by atoms with Gasteiger partial charge in [-0.3, -0.25) is 4.98 Å². The van der Waals surface area contributed by atoms with E-state index in [-0.39, 0.29) is 10.6 Å². The number of nitrogens with zero attached hydrogens (tertiary/aromatic N) is 1. The summed E-state index contributed by atoms with van der Waals surface area (Å²) in [5.41, 5.74) is 0.650. The number of hydrogen-bond acceptors (Lipinski definition) is 3. The second-order valence-electron chi connectivity index (χ2n) is 2.30. The van der Waals surface area contributed by atoms with Gasteiger partial charge in [0.2, 0.25) is 0 Å². The van der Waals surface area contributed by atoms with Gasteiger partial charge in [0.25, 0.3) is 0 Å². The van der Waals surface area contributed by atoms with Crippen LogP contribution in [0.3, 0.4) is 0 Å². The van der Waals surface area contributed by atoms with E-state index in [9.17, 15) is 9.90 Å². The average Bonchev–Trinajstić information content (AvgIpc) is 2.03. The van der Waals surface area contributed by atoms with Crippen LogP contribution in [0.5, 0.6) is 0 Å². The Morgan fingerprint density at radius 1 is 1.67 bits per heavy atom. The summed E-state index contributed by atoms with van der Waals surface area (Å²) in [5.74, 6) is -1.25. The molecule has 3 nitrogen and oxygen atoms in total. The van der Waals surface area contributed by atoms with Gasteiger partial charge in [0.1, 0.15) is 0 Å². The maximum absolute atomic E-state index is 10.6. The molecule has 1 aromatic rings. The molecule has 0 unspecified atom stereocenters. The van der Waals surface area contributed by atoms with Crippen molar-refractivity contribution in [2.75, 3.05) is 0 Å². The Hall–Kier alpha value is -1.09. The van der Waals surface area contributed by atoms with E-state index in [1.807, 2.05) is 6.92 Å². The van der Waals surface area contributed by atoms with Crippen molar-refractivity contribution in [3.8, 4) is 0 Å². The highest BCUT2D eigenvalue weighted by Gasteiger charge is 2.06. The standard InChI is InChI=1S/C8H8ClNO2/c1-2-5-3-10-4-6(9)7(5)8(11)12/h3-4H,2H2,1H3,(H,11,12)/p-1. The highest BCUT2D eigenvalue weighted by Crippen LogP contribution is 2.17. The van der Waals surface area contributed by atoms with Gasteiger partial charge in [0, 0.05) is 18.0 Å². The first-order valence-electron chi connectivity index (χ1n) is 3.50. The SMILES string of the molecule is CCc1cncc(Cl)c1C(=O)[O-].